The molecule has 0 atom stereocenters. The molecule has 0 radical (unpaired) electrons. The average Bonchev–Trinajstić information content (AvgIpc) is 3.07. The van der Waals surface area contributed by atoms with Crippen molar-refractivity contribution in [2.75, 3.05) is 5.32 Å². The molecule has 0 fully saturated rings. The normalized spacial score (nSPS) is 11.1. The molecule has 2 aromatic heterocycles. The number of carbonyl (C=O) groups excluding carboxylic acids is 1. The molecule has 3 rings (SSSR count). The quantitative estimate of drug-likeness (QED) is 0.490. The van der Waals surface area contributed by atoms with Gasteiger partial charge < -0.3 is 5.32 Å². The Morgan fingerprint density at radius 2 is 1.72 bits per heavy atom. The molecular formula is C20H22BrCl2N5O. The van der Waals surface area contributed by atoms with Gasteiger partial charge in [0.25, 0.3) is 0 Å². The van der Waals surface area contributed by atoms with Gasteiger partial charge in [0.15, 0.2) is 0 Å². The third kappa shape index (κ3) is 4.85. The van der Waals surface area contributed by atoms with E-state index in [2.05, 4.69) is 31.4 Å². The van der Waals surface area contributed by atoms with Crippen LogP contribution in [0.25, 0.3) is 0 Å². The third-order valence-corrected chi connectivity index (χ3v) is 6.69. The third-order valence-electron chi connectivity index (χ3n) is 4.81. The molecule has 0 aliphatic rings. The fraction of sp³-hybridized carbons (Fsp3) is 0.350. The number of aromatic nitrogens is 4. The summed E-state index contributed by atoms with van der Waals surface area (Å²) < 4.78 is 4.67. The Bertz CT molecular complexity index is 1070. The van der Waals surface area contributed by atoms with E-state index in [0.717, 1.165) is 38.5 Å². The first-order valence-electron chi connectivity index (χ1n) is 9.14. The summed E-state index contributed by atoms with van der Waals surface area (Å²) in [6, 6.07) is 5.51. The summed E-state index contributed by atoms with van der Waals surface area (Å²) in [5.41, 5.74) is 5.30. The van der Waals surface area contributed by atoms with E-state index >= 15 is 0 Å². The van der Waals surface area contributed by atoms with Crippen molar-refractivity contribution < 1.29 is 4.79 Å². The van der Waals surface area contributed by atoms with E-state index in [1.165, 1.54) is 0 Å². The van der Waals surface area contributed by atoms with Gasteiger partial charge in [0.05, 0.1) is 50.4 Å². The highest BCUT2D eigenvalue weighted by molar-refractivity contribution is 9.10. The number of carbonyl (C=O) groups is 1. The number of rotatable bonds is 6. The number of aryl methyl sites for hydroxylation is 3. The van der Waals surface area contributed by atoms with Crippen LogP contribution in [0.4, 0.5) is 5.69 Å². The topological polar surface area (TPSA) is 64.7 Å². The van der Waals surface area contributed by atoms with Crippen LogP contribution < -0.4 is 5.32 Å². The maximum Gasteiger partial charge on any atom is 0.226 e. The minimum atomic E-state index is -0.0750. The van der Waals surface area contributed by atoms with Gasteiger partial charge in [0.1, 0.15) is 0 Å². The largest absolute Gasteiger partial charge is 0.323 e. The number of hydrogen-bond donors (Lipinski definition) is 1. The van der Waals surface area contributed by atoms with Crippen LogP contribution in [0.15, 0.2) is 22.7 Å². The Morgan fingerprint density at radius 1 is 1.03 bits per heavy atom. The van der Waals surface area contributed by atoms with Crippen molar-refractivity contribution in [3.63, 3.8) is 0 Å². The first kappa shape index (κ1) is 21.9. The molecule has 2 heterocycles. The van der Waals surface area contributed by atoms with Crippen molar-refractivity contribution in [3.8, 4) is 0 Å². The van der Waals surface area contributed by atoms with Gasteiger partial charge >= 0.3 is 0 Å². The fourth-order valence-corrected chi connectivity index (χ4v) is 3.75. The summed E-state index contributed by atoms with van der Waals surface area (Å²) in [5, 5.41) is 13.0. The zero-order valence-electron chi connectivity index (χ0n) is 16.7. The molecule has 1 aromatic carbocycles. The van der Waals surface area contributed by atoms with Crippen molar-refractivity contribution >= 4 is 50.7 Å². The highest BCUT2D eigenvalue weighted by Gasteiger charge is 2.16. The van der Waals surface area contributed by atoms with Crippen molar-refractivity contribution in [1.29, 1.82) is 0 Å². The number of nitrogens with zero attached hydrogens (tertiary/aromatic N) is 4. The van der Waals surface area contributed by atoms with Gasteiger partial charge in [-0.25, -0.2) is 0 Å². The van der Waals surface area contributed by atoms with Gasteiger partial charge in [0, 0.05) is 12.1 Å². The average molecular weight is 499 g/mol. The van der Waals surface area contributed by atoms with Crippen LogP contribution >= 0.6 is 39.1 Å². The standard InChI is InChI=1S/C20H22BrCl2N5O/c1-11-19(21)13(3)27(25-11)8-7-18(29)24-20-12(2)26-28(14(20)4)10-15-5-6-16(22)17(23)9-15/h5-6,9H,7-8,10H2,1-4H3,(H,24,29). The predicted octanol–water partition coefficient (Wildman–Crippen LogP) is 5.46. The van der Waals surface area contributed by atoms with Gasteiger partial charge in [-0.2, -0.15) is 10.2 Å². The second-order valence-corrected chi connectivity index (χ2v) is 8.57. The van der Waals surface area contributed by atoms with Crippen molar-refractivity contribution in [2.45, 2.75) is 47.2 Å². The van der Waals surface area contributed by atoms with Crippen LogP contribution in [-0.4, -0.2) is 25.5 Å². The zero-order chi connectivity index (χ0) is 21.3. The van der Waals surface area contributed by atoms with Crippen LogP contribution in [0.5, 0.6) is 0 Å². The van der Waals surface area contributed by atoms with Gasteiger partial charge in [-0.1, -0.05) is 29.3 Å². The molecule has 0 saturated heterocycles. The van der Waals surface area contributed by atoms with Gasteiger partial charge in [-0.05, 0) is 61.3 Å². The number of amides is 1. The van der Waals surface area contributed by atoms with Gasteiger partial charge in [-0.3, -0.25) is 14.2 Å². The smallest absolute Gasteiger partial charge is 0.226 e. The number of anilines is 1. The van der Waals surface area contributed by atoms with Crippen LogP contribution in [-0.2, 0) is 17.9 Å². The van der Waals surface area contributed by atoms with Crippen LogP contribution in [0.1, 0.15) is 34.8 Å². The van der Waals surface area contributed by atoms with Crippen molar-refractivity contribution in [1.82, 2.24) is 19.6 Å². The maximum atomic E-state index is 12.5. The van der Waals surface area contributed by atoms with Gasteiger partial charge in [0.2, 0.25) is 5.91 Å². The number of benzene rings is 1. The molecule has 0 saturated carbocycles. The number of nitrogens with one attached hydrogen (secondary N) is 1. The van der Waals surface area contributed by atoms with Crippen molar-refractivity contribution in [3.05, 3.63) is 61.1 Å². The van der Waals surface area contributed by atoms with E-state index in [4.69, 9.17) is 23.2 Å². The Hall–Kier alpha value is -1.83. The summed E-state index contributed by atoms with van der Waals surface area (Å²) in [6.07, 6.45) is 0.325. The molecule has 9 heteroatoms. The lowest BCUT2D eigenvalue weighted by atomic mass is 10.2. The Balaban J connectivity index is 1.68. The summed E-state index contributed by atoms with van der Waals surface area (Å²) in [7, 11) is 0. The lowest BCUT2D eigenvalue weighted by Crippen LogP contribution is -2.16. The molecule has 0 aliphatic heterocycles. The molecular weight excluding hydrogens is 477 g/mol. The molecule has 1 N–H and O–H groups in total. The highest BCUT2D eigenvalue weighted by atomic mass is 79.9. The van der Waals surface area contributed by atoms with Crippen LogP contribution in [0.2, 0.25) is 10.0 Å². The summed E-state index contributed by atoms with van der Waals surface area (Å²) in [5.74, 6) is -0.0750. The zero-order valence-corrected chi connectivity index (χ0v) is 19.8. The van der Waals surface area contributed by atoms with E-state index in [-0.39, 0.29) is 5.91 Å². The SMILES string of the molecule is Cc1nn(CCC(=O)Nc2c(C)nn(Cc3ccc(Cl)c(Cl)c3)c2C)c(C)c1Br. The second kappa shape index (κ2) is 8.90. The Kier molecular flexibility index (Phi) is 6.71. The molecule has 6 nitrogen and oxygen atoms in total. The highest BCUT2D eigenvalue weighted by Crippen LogP contribution is 2.25. The van der Waals surface area contributed by atoms with E-state index in [9.17, 15) is 4.79 Å². The van der Waals surface area contributed by atoms with E-state index in [0.29, 0.717) is 29.6 Å². The monoisotopic (exact) mass is 497 g/mol. The van der Waals surface area contributed by atoms with Gasteiger partial charge in [-0.15, -0.1) is 0 Å². The van der Waals surface area contributed by atoms with E-state index in [1.54, 1.807) is 6.07 Å². The Labute approximate surface area is 188 Å². The first-order chi connectivity index (χ1) is 13.7. The molecule has 154 valence electrons. The minimum absolute atomic E-state index is 0.0750. The Morgan fingerprint density at radius 3 is 2.34 bits per heavy atom. The number of hydrogen-bond acceptors (Lipinski definition) is 3. The molecule has 0 bridgehead atoms. The first-order valence-corrected chi connectivity index (χ1v) is 10.7. The number of halogens is 3. The summed E-state index contributed by atoms with van der Waals surface area (Å²) in [6.45, 7) is 8.78. The predicted molar refractivity (Wildman–Crippen MR) is 120 cm³/mol. The van der Waals surface area contributed by atoms with E-state index < -0.39 is 0 Å². The molecule has 1 amide bonds. The minimum Gasteiger partial charge on any atom is -0.323 e. The molecule has 0 aliphatic carbocycles. The molecule has 0 spiro atoms. The maximum absolute atomic E-state index is 12.5. The lowest BCUT2D eigenvalue weighted by molar-refractivity contribution is -0.116. The fourth-order valence-electron chi connectivity index (χ4n) is 3.14. The lowest BCUT2D eigenvalue weighted by Gasteiger charge is -2.09. The van der Waals surface area contributed by atoms with Crippen LogP contribution in [0.3, 0.4) is 0 Å². The summed E-state index contributed by atoms with van der Waals surface area (Å²) in [4.78, 5) is 12.5. The van der Waals surface area contributed by atoms with Crippen molar-refractivity contribution in [2.24, 2.45) is 0 Å². The summed E-state index contributed by atoms with van der Waals surface area (Å²) >= 11 is 15.6. The second-order valence-electron chi connectivity index (χ2n) is 6.96. The molecule has 0 unspecified atom stereocenters. The van der Waals surface area contributed by atoms with E-state index in [1.807, 2.05) is 49.2 Å². The molecule has 3 aromatic rings. The molecule has 29 heavy (non-hydrogen) atoms. The van der Waals surface area contributed by atoms with Crippen LogP contribution in [0, 0.1) is 27.7 Å².